The average molecular weight is 417 g/mol. The number of carbonyl (C=O) groups is 2. The Kier molecular flexibility index (Phi) is 6.56. The summed E-state index contributed by atoms with van der Waals surface area (Å²) in [5.41, 5.74) is 1.27. The molecule has 0 spiro atoms. The first-order chi connectivity index (χ1) is 14.0. The van der Waals surface area contributed by atoms with E-state index in [0.717, 1.165) is 11.6 Å². The van der Waals surface area contributed by atoms with Crippen molar-refractivity contribution in [1.29, 1.82) is 0 Å². The zero-order valence-corrected chi connectivity index (χ0v) is 16.2. The molecular weight excluding hydrogens is 399 g/mol. The summed E-state index contributed by atoms with van der Waals surface area (Å²) < 4.78 is 18.8. The molecule has 0 radical (unpaired) electrons. The number of nitrogens with one attached hydrogen (secondary N) is 2. The Bertz CT molecular complexity index is 1010. The zero-order chi connectivity index (χ0) is 20.8. The summed E-state index contributed by atoms with van der Waals surface area (Å²) in [7, 11) is 0. The Hall–Kier alpha value is -3.26. The number of ether oxygens (including phenoxy) is 1. The Morgan fingerprint density at radius 1 is 1.24 bits per heavy atom. The van der Waals surface area contributed by atoms with Gasteiger partial charge in [-0.1, -0.05) is 48.9 Å². The van der Waals surface area contributed by atoms with Gasteiger partial charge in [0.15, 0.2) is 11.9 Å². The maximum atomic E-state index is 13.6. The molecule has 0 saturated carbocycles. The van der Waals surface area contributed by atoms with E-state index in [2.05, 4.69) is 20.5 Å². The number of halogens is 2. The summed E-state index contributed by atoms with van der Waals surface area (Å²) in [5.74, 6) is -1.96. The Labute approximate surface area is 171 Å². The smallest absolute Gasteiger partial charge is 0.376 e. The summed E-state index contributed by atoms with van der Waals surface area (Å²) in [6.07, 6.45) is -0.691. The molecule has 0 aliphatic carbocycles. The number of hydrogen-bond acceptors (Lipinski definition) is 5. The standard InChI is InChI=1S/C20H18ClFN4O3/c1-2-16(19(27)23-11-12-6-4-3-5-7-12)29-20(28)18-24-17(25-26-18)13-8-9-14(21)15(22)10-13/h3-10,16H,2,11H2,1H3,(H,23,27)(H,24,25,26). The van der Waals surface area contributed by atoms with Crippen LogP contribution in [0.25, 0.3) is 11.4 Å². The lowest BCUT2D eigenvalue weighted by Gasteiger charge is -2.15. The van der Waals surface area contributed by atoms with Gasteiger partial charge in [-0.15, -0.1) is 0 Å². The second kappa shape index (κ2) is 9.29. The first-order valence-corrected chi connectivity index (χ1v) is 9.26. The van der Waals surface area contributed by atoms with Gasteiger partial charge in [0.25, 0.3) is 5.91 Å². The summed E-state index contributed by atoms with van der Waals surface area (Å²) in [4.78, 5) is 28.7. The lowest BCUT2D eigenvalue weighted by molar-refractivity contribution is -0.130. The van der Waals surface area contributed by atoms with Crippen LogP contribution in [0.1, 0.15) is 29.5 Å². The number of nitrogens with zero attached hydrogens (tertiary/aromatic N) is 2. The van der Waals surface area contributed by atoms with Gasteiger partial charge in [0.2, 0.25) is 5.82 Å². The molecule has 0 aliphatic heterocycles. The van der Waals surface area contributed by atoms with Crippen LogP contribution < -0.4 is 5.32 Å². The zero-order valence-electron chi connectivity index (χ0n) is 15.5. The van der Waals surface area contributed by atoms with Crippen LogP contribution in [0.15, 0.2) is 48.5 Å². The Morgan fingerprint density at radius 3 is 2.69 bits per heavy atom. The van der Waals surface area contributed by atoms with Crippen molar-refractivity contribution in [2.24, 2.45) is 0 Å². The van der Waals surface area contributed by atoms with Gasteiger partial charge < -0.3 is 10.1 Å². The third-order valence-corrected chi connectivity index (χ3v) is 4.39. The van der Waals surface area contributed by atoms with Crippen LogP contribution in [-0.2, 0) is 16.1 Å². The van der Waals surface area contributed by atoms with Gasteiger partial charge in [0, 0.05) is 12.1 Å². The predicted octanol–water partition coefficient (Wildman–Crippen LogP) is 3.52. The fourth-order valence-electron chi connectivity index (χ4n) is 2.52. The van der Waals surface area contributed by atoms with Crippen LogP contribution in [0, 0.1) is 5.82 Å². The van der Waals surface area contributed by atoms with Crippen molar-refractivity contribution in [1.82, 2.24) is 20.5 Å². The van der Waals surface area contributed by atoms with Crippen LogP contribution in [0.4, 0.5) is 4.39 Å². The Morgan fingerprint density at radius 2 is 2.00 bits per heavy atom. The van der Waals surface area contributed by atoms with E-state index in [0.29, 0.717) is 12.1 Å². The molecule has 2 aromatic carbocycles. The molecule has 2 N–H and O–H groups in total. The SMILES string of the molecule is CCC(OC(=O)c1nc(-c2ccc(Cl)c(F)c2)n[nH]1)C(=O)NCc1ccccc1. The highest BCUT2D eigenvalue weighted by atomic mass is 35.5. The van der Waals surface area contributed by atoms with Crippen molar-refractivity contribution in [3.8, 4) is 11.4 Å². The highest BCUT2D eigenvalue weighted by molar-refractivity contribution is 6.30. The maximum absolute atomic E-state index is 13.6. The van der Waals surface area contributed by atoms with Gasteiger partial charge in [-0.25, -0.2) is 14.2 Å². The topological polar surface area (TPSA) is 97.0 Å². The number of rotatable bonds is 7. The molecular formula is C20H18ClFN4O3. The van der Waals surface area contributed by atoms with E-state index in [9.17, 15) is 14.0 Å². The summed E-state index contributed by atoms with van der Waals surface area (Å²) in [6.45, 7) is 2.05. The van der Waals surface area contributed by atoms with Crippen LogP contribution in [0.5, 0.6) is 0 Å². The highest BCUT2D eigenvalue weighted by Crippen LogP contribution is 2.21. The first-order valence-electron chi connectivity index (χ1n) is 8.88. The second-order valence-corrected chi connectivity index (χ2v) is 6.55. The summed E-state index contributed by atoms with van der Waals surface area (Å²) >= 11 is 5.66. The van der Waals surface area contributed by atoms with E-state index < -0.39 is 23.8 Å². The fraction of sp³-hybridized carbons (Fsp3) is 0.200. The molecule has 1 amide bonds. The number of hydrogen-bond donors (Lipinski definition) is 2. The molecule has 0 saturated heterocycles. The molecule has 3 aromatic rings. The number of esters is 1. The number of aromatic nitrogens is 3. The number of benzene rings is 2. The van der Waals surface area contributed by atoms with Crippen molar-refractivity contribution in [3.63, 3.8) is 0 Å². The van der Waals surface area contributed by atoms with Crippen molar-refractivity contribution in [3.05, 3.63) is 70.8 Å². The largest absolute Gasteiger partial charge is 0.446 e. The van der Waals surface area contributed by atoms with E-state index in [-0.39, 0.29) is 23.1 Å². The summed E-state index contributed by atoms with van der Waals surface area (Å²) in [6, 6.07) is 13.4. The maximum Gasteiger partial charge on any atom is 0.376 e. The van der Waals surface area contributed by atoms with Crippen molar-refractivity contribution >= 4 is 23.5 Å². The van der Waals surface area contributed by atoms with Crippen LogP contribution >= 0.6 is 11.6 Å². The fourth-order valence-corrected chi connectivity index (χ4v) is 2.64. The third kappa shape index (κ3) is 5.17. The number of H-pyrrole nitrogens is 1. The van der Waals surface area contributed by atoms with Crippen molar-refractivity contribution in [2.45, 2.75) is 26.0 Å². The van der Waals surface area contributed by atoms with E-state index in [4.69, 9.17) is 16.3 Å². The van der Waals surface area contributed by atoms with Crippen molar-refractivity contribution in [2.75, 3.05) is 0 Å². The number of aromatic amines is 1. The molecule has 150 valence electrons. The van der Waals surface area contributed by atoms with E-state index >= 15 is 0 Å². The van der Waals surface area contributed by atoms with Gasteiger partial charge in [-0.3, -0.25) is 9.89 Å². The number of amides is 1. The van der Waals surface area contributed by atoms with Gasteiger partial charge in [0.05, 0.1) is 5.02 Å². The normalized spacial score (nSPS) is 11.7. The monoisotopic (exact) mass is 416 g/mol. The van der Waals surface area contributed by atoms with Crippen LogP contribution in [-0.4, -0.2) is 33.2 Å². The predicted molar refractivity (Wildman–Crippen MR) is 105 cm³/mol. The lowest BCUT2D eigenvalue weighted by atomic mass is 10.2. The van der Waals surface area contributed by atoms with Gasteiger partial charge in [0.1, 0.15) is 5.82 Å². The molecule has 1 heterocycles. The molecule has 0 aliphatic rings. The molecule has 1 atom stereocenters. The molecule has 7 nitrogen and oxygen atoms in total. The van der Waals surface area contributed by atoms with Gasteiger partial charge in [-0.05, 0) is 30.2 Å². The quantitative estimate of drug-likeness (QED) is 0.574. The second-order valence-electron chi connectivity index (χ2n) is 6.14. The minimum Gasteiger partial charge on any atom is -0.446 e. The van der Waals surface area contributed by atoms with E-state index in [1.807, 2.05) is 30.3 Å². The lowest BCUT2D eigenvalue weighted by Crippen LogP contribution is -2.37. The molecule has 0 fully saturated rings. The van der Waals surface area contributed by atoms with E-state index in [1.165, 1.54) is 12.1 Å². The minimum absolute atomic E-state index is 0.0313. The molecule has 9 heteroatoms. The molecule has 3 rings (SSSR count). The Balaban J connectivity index is 1.62. The highest BCUT2D eigenvalue weighted by Gasteiger charge is 2.24. The van der Waals surface area contributed by atoms with Crippen LogP contribution in [0.2, 0.25) is 5.02 Å². The van der Waals surface area contributed by atoms with Gasteiger partial charge >= 0.3 is 5.97 Å². The summed E-state index contributed by atoms with van der Waals surface area (Å²) in [5, 5.41) is 9.03. The molecule has 1 aromatic heterocycles. The van der Waals surface area contributed by atoms with Crippen LogP contribution in [0.3, 0.4) is 0 Å². The minimum atomic E-state index is -0.979. The van der Waals surface area contributed by atoms with Crippen molar-refractivity contribution < 1.29 is 18.7 Å². The van der Waals surface area contributed by atoms with E-state index in [1.54, 1.807) is 6.92 Å². The molecule has 1 unspecified atom stereocenters. The number of carbonyl (C=O) groups excluding carboxylic acids is 2. The third-order valence-electron chi connectivity index (χ3n) is 4.08. The molecule has 0 bridgehead atoms. The first kappa shape index (κ1) is 20.5. The van der Waals surface area contributed by atoms with Gasteiger partial charge in [-0.2, -0.15) is 5.10 Å². The molecule has 29 heavy (non-hydrogen) atoms. The average Bonchev–Trinajstić information content (AvgIpc) is 3.23.